The van der Waals surface area contributed by atoms with E-state index < -0.39 is 0 Å². The van der Waals surface area contributed by atoms with Gasteiger partial charge in [-0.1, -0.05) is 18.2 Å². The Morgan fingerprint density at radius 1 is 1.19 bits per heavy atom. The second kappa shape index (κ2) is 4.21. The van der Waals surface area contributed by atoms with Gasteiger partial charge in [-0.15, -0.1) is 0 Å². The second-order valence-electron chi connectivity index (χ2n) is 5.23. The van der Waals surface area contributed by atoms with Gasteiger partial charge in [0.1, 0.15) is 0 Å². The first-order valence-electron chi connectivity index (χ1n) is 6.59. The molecule has 16 heavy (non-hydrogen) atoms. The number of benzene rings is 1. The number of fused-ring (bicyclic) bond motifs is 1. The Kier molecular flexibility index (Phi) is 2.72. The third-order valence-electron chi connectivity index (χ3n) is 3.97. The lowest BCUT2D eigenvalue weighted by atomic mass is 9.89. The lowest BCUT2D eigenvalue weighted by Crippen LogP contribution is -2.03. The summed E-state index contributed by atoms with van der Waals surface area (Å²) in [4.78, 5) is 0. The molecule has 1 aliphatic carbocycles. The summed E-state index contributed by atoms with van der Waals surface area (Å²) in [5.41, 5.74) is 4.70. The van der Waals surface area contributed by atoms with Gasteiger partial charge in [-0.3, -0.25) is 0 Å². The van der Waals surface area contributed by atoms with E-state index in [1.807, 2.05) is 0 Å². The molecular weight excluding hydrogens is 196 g/mol. The van der Waals surface area contributed by atoms with E-state index in [1.165, 1.54) is 44.1 Å². The van der Waals surface area contributed by atoms with Crippen molar-refractivity contribution in [1.82, 2.24) is 0 Å². The normalized spacial score (nSPS) is 27.6. The molecule has 0 saturated carbocycles. The lowest BCUT2D eigenvalue weighted by Gasteiger charge is -2.16. The quantitative estimate of drug-likeness (QED) is 0.706. The summed E-state index contributed by atoms with van der Waals surface area (Å²) in [6.07, 6.45) is 8.76. The van der Waals surface area contributed by atoms with Crippen LogP contribution in [0.4, 0.5) is 0 Å². The van der Waals surface area contributed by atoms with E-state index in [-0.39, 0.29) is 0 Å². The Labute approximate surface area is 97.8 Å². The summed E-state index contributed by atoms with van der Waals surface area (Å²) in [6, 6.07) is 7.10. The molecule has 1 heterocycles. The van der Waals surface area contributed by atoms with Crippen molar-refractivity contribution in [2.45, 2.75) is 57.7 Å². The maximum absolute atomic E-state index is 5.45. The standard InChI is InChI=1S/C15H20O/c1-11-15(16-11)9-7-12-6-8-13-4-2-3-5-14(13)10-12/h6,8,10-11,15H,2-5,7,9H2,1H3. The van der Waals surface area contributed by atoms with Crippen LogP contribution in [0, 0.1) is 0 Å². The van der Waals surface area contributed by atoms with Gasteiger partial charge in [0.05, 0.1) is 12.2 Å². The van der Waals surface area contributed by atoms with Crippen LogP contribution in [-0.4, -0.2) is 12.2 Å². The predicted octanol–water partition coefficient (Wildman–Crippen LogP) is 3.29. The van der Waals surface area contributed by atoms with E-state index in [1.54, 1.807) is 11.1 Å². The molecule has 0 aromatic heterocycles. The van der Waals surface area contributed by atoms with Gasteiger partial charge in [-0.05, 0) is 62.1 Å². The number of hydrogen-bond acceptors (Lipinski definition) is 1. The number of hydrogen-bond donors (Lipinski definition) is 0. The first kappa shape index (κ1) is 10.3. The molecule has 0 amide bonds. The maximum Gasteiger partial charge on any atom is 0.0842 e. The van der Waals surface area contributed by atoms with Crippen LogP contribution in [0.5, 0.6) is 0 Å². The van der Waals surface area contributed by atoms with Gasteiger partial charge in [0, 0.05) is 0 Å². The SMILES string of the molecule is CC1OC1CCc1ccc2c(c1)CCCC2. The summed E-state index contributed by atoms with van der Waals surface area (Å²) in [6.45, 7) is 2.16. The van der Waals surface area contributed by atoms with Gasteiger partial charge < -0.3 is 4.74 Å². The van der Waals surface area contributed by atoms with Crippen molar-refractivity contribution in [3.05, 3.63) is 34.9 Å². The monoisotopic (exact) mass is 216 g/mol. The van der Waals surface area contributed by atoms with E-state index in [2.05, 4.69) is 25.1 Å². The van der Waals surface area contributed by atoms with Gasteiger partial charge in [-0.2, -0.15) is 0 Å². The highest BCUT2D eigenvalue weighted by Gasteiger charge is 2.33. The molecule has 0 spiro atoms. The minimum atomic E-state index is 0.512. The van der Waals surface area contributed by atoms with Gasteiger partial charge in [0.25, 0.3) is 0 Å². The molecule has 86 valence electrons. The van der Waals surface area contributed by atoms with E-state index in [0.717, 1.165) is 0 Å². The summed E-state index contributed by atoms with van der Waals surface area (Å²) in [7, 11) is 0. The van der Waals surface area contributed by atoms with Crippen molar-refractivity contribution in [1.29, 1.82) is 0 Å². The van der Waals surface area contributed by atoms with Gasteiger partial charge in [0.2, 0.25) is 0 Å². The topological polar surface area (TPSA) is 12.5 Å². The zero-order valence-electron chi connectivity index (χ0n) is 10.0. The van der Waals surface area contributed by atoms with E-state index in [4.69, 9.17) is 4.74 Å². The highest BCUT2D eigenvalue weighted by atomic mass is 16.6. The summed E-state index contributed by atoms with van der Waals surface area (Å²) < 4.78 is 5.45. The molecular formula is C15H20O. The zero-order chi connectivity index (χ0) is 11.0. The average Bonchev–Trinajstić information content (AvgIpc) is 3.03. The Balaban J connectivity index is 1.66. The predicted molar refractivity (Wildman–Crippen MR) is 65.7 cm³/mol. The van der Waals surface area contributed by atoms with Crippen LogP contribution in [0.1, 0.15) is 42.9 Å². The molecule has 2 aliphatic rings. The van der Waals surface area contributed by atoms with Gasteiger partial charge in [0.15, 0.2) is 0 Å². The minimum Gasteiger partial charge on any atom is -0.370 e. The Morgan fingerprint density at radius 2 is 1.94 bits per heavy atom. The molecule has 1 heteroatoms. The molecule has 1 aliphatic heterocycles. The van der Waals surface area contributed by atoms with Crippen LogP contribution >= 0.6 is 0 Å². The van der Waals surface area contributed by atoms with E-state index in [0.29, 0.717) is 12.2 Å². The molecule has 2 unspecified atom stereocenters. The third-order valence-corrected chi connectivity index (χ3v) is 3.97. The van der Waals surface area contributed by atoms with Crippen molar-refractivity contribution in [2.24, 2.45) is 0 Å². The maximum atomic E-state index is 5.45. The molecule has 3 rings (SSSR count). The fourth-order valence-electron chi connectivity index (χ4n) is 2.78. The molecule has 0 radical (unpaired) electrons. The fraction of sp³-hybridized carbons (Fsp3) is 0.600. The lowest BCUT2D eigenvalue weighted by molar-refractivity contribution is 0.370. The molecule has 0 bridgehead atoms. The Hall–Kier alpha value is -0.820. The van der Waals surface area contributed by atoms with Gasteiger partial charge in [-0.25, -0.2) is 0 Å². The van der Waals surface area contributed by atoms with Crippen LogP contribution in [0.2, 0.25) is 0 Å². The van der Waals surface area contributed by atoms with E-state index in [9.17, 15) is 0 Å². The van der Waals surface area contributed by atoms with E-state index >= 15 is 0 Å². The Morgan fingerprint density at radius 3 is 2.69 bits per heavy atom. The van der Waals surface area contributed by atoms with Crippen LogP contribution < -0.4 is 0 Å². The fourth-order valence-corrected chi connectivity index (χ4v) is 2.78. The molecule has 1 aromatic rings. The van der Waals surface area contributed by atoms with Crippen LogP contribution in [0.25, 0.3) is 0 Å². The van der Waals surface area contributed by atoms with Crippen LogP contribution in [0.15, 0.2) is 18.2 Å². The van der Waals surface area contributed by atoms with Crippen LogP contribution in [0.3, 0.4) is 0 Å². The zero-order valence-corrected chi connectivity index (χ0v) is 10.0. The van der Waals surface area contributed by atoms with Gasteiger partial charge >= 0.3 is 0 Å². The smallest absolute Gasteiger partial charge is 0.0842 e. The molecule has 1 aromatic carbocycles. The molecule has 1 nitrogen and oxygen atoms in total. The van der Waals surface area contributed by atoms with Crippen molar-refractivity contribution in [3.8, 4) is 0 Å². The minimum absolute atomic E-state index is 0.512. The molecule has 2 atom stereocenters. The number of epoxide rings is 1. The largest absolute Gasteiger partial charge is 0.370 e. The molecule has 1 fully saturated rings. The third kappa shape index (κ3) is 2.15. The molecule has 1 saturated heterocycles. The highest BCUT2D eigenvalue weighted by molar-refractivity contribution is 5.33. The number of ether oxygens (including phenoxy) is 1. The molecule has 0 N–H and O–H groups in total. The van der Waals surface area contributed by atoms with Crippen molar-refractivity contribution in [2.75, 3.05) is 0 Å². The highest BCUT2D eigenvalue weighted by Crippen LogP contribution is 2.27. The second-order valence-corrected chi connectivity index (χ2v) is 5.23. The number of aryl methyl sites for hydroxylation is 3. The van der Waals surface area contributed by atoms with Crippen molar-refractivity contribution < 1.29 is 4.74 Å². The summed E-state index contributed by atoms with van der Waals surface area (Å²) in [5, 5.41) is 0. The number of rotatable bonds is 3. The van der Waals surface area contributed by atoms with Crippen molar-refractivity contribution in [3.63, 3.8) is 0 Å². The summed E-state index contributed by atoms with van der Waals surface area (Å²) >= 11 is 0. The average molecular weight is 216 g/mol. The first-order valence-corrected chi connectivity index (χ1v) is 6.59. The van der Waals surface area contributed by atoms with Crippen molar-refractivity contribution >= 4 is 0 Å². The Bertz CT molecular complexity index is 383. The van der Waals surface area contributed by atoms with Crippen LogP contribution in [-0.2, 0) is 24.0 Å². The first-order chi connectivity index (χ1) is 7.83. The summed E-state index contributed by atoms with van der Waals surface area (Å²) in [5.74, 6) is 0.